The van der Waals surface area contributed by atoms with Crippen molar-refractivity contribution in [2.75, 3.05) is 18.1 Å². The quantitative estimate of drug-likeness (QED) is 0.361. The van der Waals surface area contributed by atoms with E-state index in [4.69, 9.17) is 0 Å². The number of rotatable bonds is 8. The number of hydrogen-bond acceptors (Lipinski definition) is 6. The van der Waals surface area contributed by atoms with Crippen LogP contribution >= 0.6 is 0 Å². The van der Waals surface area contributed by atoms with Gasteiger partial charge in [-0.3, -0.25) is 4.18 Å². The minimum atomic E-state index is -3.95. The summed E-state index contributed by atoms with van der Waals surface area (Å²) in [5.74, 6) is -0.228. The summed E-state index contributed by atoms with van der Waals surface area (Å²) in [6, 6.07) is 0. The fraction of sp³-hybridized carbons (Fsp3) is 1.00. The van der Waals surface area contributed by atoms with Gasteiger partial charge in [-0.2, -0.15) is 0 Å². The summed E-state index contributed by atoms with van der Waals surface area (Å²) in [7, 11) is -7.16. The summed E-state index contributed by atoms with van der Waals surface area (Å²) in [5.41, 5.74) is 0. The average molecular weight is 298 g/mol. The van der Waals surface area contributed by atoms with Crippen LogP contribution in [0.3, 0.4) is 0 Å². The maximum Gasteiger partial charge on any atom is 1.00 e. The first kappa shape index (κ1) is 19.6. The fourth-order valence-electron chi connectivity index (χ4n) is 0.937. The molecule has 0 fully saturated rings. The van der Waals surface area contributed by atoms with E-state index in [-0.39, 0.29) is 47.7 Å². The van der Waals surface area contributed by atoms with Crippen molar-refractivity contribution in [3.63, 3.8) is 0 Å². The van der Waals surface area contributed by atoms with E-state index < -0.39 is 18.9 Å². The van der Waals surface area contributed by atoms with Crippen LogP contribution in [0.15, 0.2) is 0 Å². The van der Waals surface area contributed by atoms with Gasteiger partial charge in [-0.25, -0.2) is 12.6 Å². The van der Waals surface area contributed by atoms with Crippen LogP contribution in [0.1, 0.15) is 26.2 Å². The molecular weight excluding hydrogens is 283 g/mol. The van der Waals surface area contributed by atoms with Crippen molar-refractivity contribution in [3.05, 3.63) is 0 Å². The molecule has 16 heavy (non-hydrogen) atoms. The number of sulfone groups is 1. The molecule has 0 aliphatic rings. The minimum Gasteiger partial charge on any atom is -0.748 e. The van der Waals surface area contributed by atoms with Crippen molar-refractivity contribution in [2.45, 2.75) is 26.2 Å². The van der Waals surface area contributed by atoms with Gasteiger partial charge in [-0.05, 0) is 17.6 Å². The van der Waals surface area contributed by atoms with Gasteiger partial charge < -0.3 is 4.55 Å². The Morgan fingerprint density at radius 3 is 2.19 bits per heavy atom. The monoisotopic (exact) mass is 298 g/mol. The molecule has 0 bridgehead atoms. The third kappa shape index (κ3) is 13.3. The second-order valence-corrected chi connectivity index (χ2v) is 7.67. The SMILES string of the molecule is CCCCCS(=O)(=O)CCOS(=O)([O-])=S.[Na+]. The molecule has 92 valence electrons. The van der Waals surface area contributed by atoms with E-state index in [2.05, 4.69) is 15.4 Å². The maximum atomic E-state index is 11.3. The van der Waals surface area contributed by atoms with E-state index in [1.54, 1.807) is 0 Å². The minimum absolute atomic E-state index is 0. The summed E-state index contributed by atoms with van der Waals surface area (Å²) >= 11 is 3.93. The van der Waals surface area contributed by atoms with Crippen molar-refractivity contribution in [1.29, 1.82) is 0 Å². The first-order valence-corrected chi connectivity index (χ1v) is 8.73. The maximum absolute atomic E-state index is 11.3. The number of hydrogen-bond donors (Lipinski definition) is 0. The normalized spacial score (nSPS) is 15.1. The van der Waals surface area contributed by atoms with Gasteiger partial charge in [0.2, 0.25) is 0 Å². The Hall–Kier alpha value is 1.24. The van der Waals surface area contributed by atoms with Gasteiger partial charge in [-0.1, -0.05) is 19.8 Å². The smallest absolute Gasteiger partial charge is 0.748 e. The molecule has 5 nitrogen and oxygen atoms in total. The second-order valence-electron chi connectivity index (χ2n) is 3.09. The summed E-state index contributed by atoms with van der Waals surface area (Å²) in [6.07, 6.45) is 2.38. The van der Waals surface area contributed by atoms with Crippen LogP contribution in [-0.4, -0.2) is 35.3 Å². The zero-order chi connectivity index (χ0) is 11.9. The Morgan fingerprint density at radius 1 is 1.19 bits per heavy atom. The Kier molecular flexibility index (Phi) is 11.3. The molecule has 0 N–H and O–H groups in total. The molecule has 1 unspecified atom stereocenters. The first-order valence-electron chi connectivity index (χ1n) is 4.57. The molecule has 0 radical (unpaired) electrons. The second kappa shape index (κ2) is 9.21. The average Bonchev–Trinajstić information content (AvgIpc) is 2.01. The molecule has 0 rings (SSSR count). The number of unbranched alkanes of at least 4 members (excludes halogenated alkanes) is 2. The molecule has 1 atom stereocenters. The van der Waals surface area contributed by atoms with E-state index in [0.717, 1.165) is 12.8 Å². The summed E-state index contributed by atoms with van der Waals surface area (Å²) in [4.78, 5) is 0. The van der Waals surface area contributed by atoms with Crippen molar-refractivity contribution in [1.82, 2.24) is 0 Å². The molecule has 0 amide bonds. The third-order valence-corrected chi connectivity index (χ3v) is 4.12. The zero-order valence-corrected chi connectivity index (χ0v) is 14.0. The molecule has 0 aromatic carbocycles. The molecule has 0 heterocycles. The topological polar surface area (TPSA) is 83.5 Å². The van der Waals surface area contributed by atoms with Crippen LogP contribution in [-0.2, 0) is 34.3 Å². The zero-order valence-electron chi connectivity index (χ0n) is 9.51. The summed E-state index contributed by atoms with van der Waals surface area (Å²) in [6.45, 7) is 1.58. The van der Waals surface area contributed by atoms with E-state index in [0.29, 0.717) is 6.42 Å². The third-order valence-electron chi connectivity index (χ3n) is 1.68. The van der Waals surface area contributed by atoms with Crippen LogP contribution in [0.25, 0.3) is 0 Å². The standard InChI is InChI=1S/C7H16O5S3.Na/c1-2-3-4-6-14(8,9)7-5-12-15(10,11)13;/h2-7H2,1H3,(H,10,11,13);/q;+1/p-1. The predicted octanol–water partition coefficient (Wildman–Crippen LogP) is -2.60. The molecular formula is C7H15NaO5S3. The molecule has 0 aromatic heterocycles. The molecule has 0 spiro atoms. The van der Waals surface area contributed by atoms with E-state index in [9.17, 15) is 17.2 Å². The largest absolute Gasteiger partial charge is 1.00 e. The fourth-order valence-corrected chi connectivity index (χ4v) is 2.72. The molecule has 0 saturated carbocycles. The van der Waals surface area contributed by atoms with Crippen molar-refractivity contribution >= 4 is 30.1 Å². The van der Waals surface area contributed by atoms with Crippen LogP contribution in [0.5, 0.6) is 0 Å². The van der Waals surface area contributed by atoms with Crippen LogP contribution < -0.4 is 29.6 Å². The Morgan fingerprint density at radius 2 is 1.75 bits per heavy atom. The van der Waals surface area contributed by atoms with Crippen molar-refractivity contribution < 1.29 is 50.9 Å². The van der Waals surface area contributed by atoms with E-state index >= 15 is 0 Å². The van der Waals surface area contributed by atoms with Gasteiger partial charge in [0, 0.05) is 0 Å². The first-order chi connectivity index (χ1) is 6.77. The summed E-state index contributed by atoms with van der Waals surface area (Å²) < 4.78 is 47.5. The summed E-state index contributed by atoms with van der Waals surface area (Å²) in [5, 5.41) is 0. The van der Waals surface area contributed by atoms with Crippen molar-refractivity contribution in [3.8, 4) is 0 Å². The van der Waals surface area contributed by atoms with Gasteiger partial charge >= 0.3 is 29.6 Å². The Balaban J connectivity index is 0. The van der Waals surface area contributed by atoms with Crippen LogP contribution in [0.2, 0.25) is 0 Å². The van der Waals surface area contributed by atoms with Crippen LogP contribution in [0.4, 0.5) is 0 Å². The van der Waals surface area contributed by atoms with Crippen LogP contribution in [0, 0.1) is 0 Å². The Bertz CT molecular complexity index is 361. The van der Waals surface area contributed by atoms with Gasteiger partial charge in [0.15, 0.2) is 9.84 Å². The van der Waals surface area contributed by atoms with E-state index in [1.807, 2.05) is 6.92 Å². The van der Waals surface area contributed by atoms with Gasteiger partial charge in [0.25, 0.3) is 0 Å². The van der Waals surface area contributed by atoms with Gasteiger partial charge in [-0.15, -0.1) is 0 Å². The predicted molar refractivity (Wildman–Crippen MR) is 60.4 cm³/mol. The molecule has 0 aliphatic heterocycles. The molecule has 0 aliphatic carbocycles. The molecule has 0 aromatic rings. The molecule has 9 heteroatoms. The van der Waals surface area contributed by atoms with Gasteiger partial charge in [0.05, 0.1) is 27.2 Å². The van der Waals surface area contributed by atoms with Gasteiger partial charge in [0.1, 0.15) is 0 Å². The Labute approximate surface area is 124 Å². The molecule has 0 saturated heterocycles. The van der Waals surface area contributed by atoms with Crippen molar-refractivity contribution in [2.24, 2.45) is 0 Å². The van der Waals surface area contributed by atoms with E-state index in [1.165, 1.54) is 0 Å².